The van der Waals surface area contributed by atoms with Crippen molar-refractivity contribution in [2.75, 3.05) is 7.11 Å². The molecule has 0 aliphatic rings. The lowest BCUT2D eigenvalue weighted by Gasteiger charge is -2.10. The first-order valence-electron chi connectivity index (χ1n) is 7.37. The summed E-state index contributed by atoms with van der Waals surface area (Å²) in [6.07, 6.45) is 3.05. The Hall–Kier alpha value is -3.14. The molecule has 0 bridgehead atoms. The molecular formula is C20H18O4. The first-order chi connectivity index (χ1) is 11.6. The average molecular weight is 322 g/mol. The van der Waals surface area contributed by atoms with Crippen LogP contribution in [0.5, 0.6) is 0 Å². The fourth-order valence-electron chi connectivity index (χ4n) is 2.10. The van der Waals surface area contributed by atoms with E-state index < -0.39 is 11.9 Å². The van der Waals surface area contributed by atoms with E-state index in [0.717, 1.165) is 5.56 Å². The maximum absolute atomic E-state index is 11.8. The quantitative estimate of drug-likeness (QED) is 0.602. The van der Waals surface area contributed by atoms with E-state index in [4.69, 9.17) is 4.74 Å². The molecule has 0 aromatic heterocycles. The van der Waals surface area contributed by atoms with Crippen LogP contribution in [-0.4, -0.2) is 19.0 Å². The van der Waals surface area contributed by atoms with Crippen LogP contribution in [0.3, 0.4) is 0 Å². The molecular weight excluding hydrogens is 304 g/mol. The summed E-state index contributed by atoms with van der Waals surface area (Å²) in [5.74, 6) is -0.977. The minimum absolute atomic E-state index is 0.0458. The molecule has 2 aromatic carbocycles. The Morgan fingerprint density at radius 1 is 1.04 bits per heavy atom. The van der Waals surface area contributed by atoms with Gasteiger partial charge in [0, 0.05) is 6.08 Å². The van der Waals surface area contributed by atoms with Crippen LogP contribution in [0.15, 0.2) is 67.3 Å². The zero-order valence-electron chi connectivity index (χ0n) is 13.4. The van der Waals surface area contributed by atoms with Crippen LogP contribution in [0, 0.1) is 0 Å². The summed E-state index contributed by atoms with van der Waals surface area (Å²) in [4.78, 5) is 23.5. The molecule has 122 valence electrons. The lowest BCUT2D eigenvalue weighted by Crippen LogP contribution is -2.07. The molecule has 0 saturated carbocycles. The third-order valence-corrected chi connectivity index (χ3v) is 3.36. The van der Waals surface area contributed by atoms with E-state index in [1.54, 1.807) is 30.3 Å². The summed E-state index contributed by atoms with van der Waals surface area (Å²) >= 11 is 0. The fraction of sp³-hybridized carbons (Fsp3) is 0.100. The standard InChI is InChI=1S/C20H18O4/c1-15(20(22)23-2)18-11-7-6-10-17(18)14-24-19(21)13-12-16-8-4-3-5-9-16/h3-13H,1,14H2,2H3. The topological polar surface area (TPSA) is 52.6 Å². The Labute approximate surface area is 141 Å². The number of hydrogen-bond acceptors (Lipinski definition) is 4. The molecule has 0 aliphatic heterocycles. The molecule has 24 heavy (non-hydrogen) atoms. The van der Waals surface area contributed by atoms with Crippen LogP contribution in [0.4, 0.5) is 0 Å². The van der Waals surface area contributed by atoms with Gasteiger partial charge in [0.15, 0.2) is 0 Å². The number of carbonyl (C=O) groups excluding carboxylic acids is 2. The van der Waals surface area contributed by atoms with Gasteiger partial charge < -0.3 is 9.47 Å². The Morgan fingerprint density at radius 2 is 1.71 bits per heavy atom. The molecule has 0 amide bonds. The van der Waals surface area contributed by atoms with Crippen LogP contribution >= 0.6 is 0 Å². The molecule has 0 radical (unpaired) electrons. The van der Waals surface area contributed by atoms with Crippen LogP contribution in [0.25, 0.3) is 11.6 Å². The molecule has 0 atom stereocenters. The van der Waals surface area contributed by atoms with Gasteiger partial charge in [0.2, 0.25) is 0 Å². The van der Waals surface area contributed by atoms with Gasteiger partial charge in [0.1, 0.15) is 6.61 Å². The number of hydrogen-bond donors (Lipinski definition) is 0. The van der Waals surface area contributed by atoms with Gasteiger partial charge in [0.05, 0.1) is 12.7 Å². The second-order valence-electron chi connectivity index (χ2n) is 4.98. The number of carbonyl (C=O) groups is 2. The van der Waals surface area contributed by atoms with Crippen molar-refractivity contribution < 1.29 is 19.1 Å². The third-order valence-electron chi connectivity index (χ3n) is 3.36. The van der Waals surface area contributed by atoms with Crippen molar-refractivity contribution in [1.82, 2.24) is 0 Å². The smallest absolute Gasteiger partial charge is 0.337 e. The first-order valence-corrected chi connectivity index (χ1v) is 7.37. The highest BCUT2D eigenvalue weighted by atomic mass is 16.5. The summed E-state index contributed by atoms with van der Waals surface area (Å²) < 4.78 is 9.91. The van der Waals surface area contributed by atoms with Crippen molar-refractivity contribution in [2.24, 2.45) is 0 Å². The minimum Gasteiger partial charge on any atom is -0.465 e. The van der Waals surface area contributed by atoms with Gasteiger partial charge >= 0.3 is 11.9 Å². The maximum Gasteiger partial charge on any atom is 0.337 e. The highest BCUT2D eigenvalue weighted by molar-refractivity contribution is 6.15. The van der Waals surface area contributed by atoms with Gasteiger partial charge in [-0.3, -0.25) is 0 Å². The zero-order chi connectivity index (χ0) is 17.4. The zero-order valence-corrected chi connectivity index (χ0v) is 13.4. The van der Waals surface area contributed by atoms with Gasteiger partial charge in [-0.2, -0.15) is 0 Å². The number of esters is 2. The number of benzene rings is 2. The van der Waals surface area contributed by atoms with Crippen LogP contribution in [-0.2, 0) is 25.7 Å². The monoisotopic (exact) mass is 322 g/mol. The Morgan fingerprint density at radius 3 is 2.42 bits per heavy atom. The first kappa shape index (κ1) is 17.2. The molecule has 4 heteroatoms. The lowest BCUT2D eigenvalue weighted by molar-refractivity contribution is -0.138. The average Bonchev–Trinajstić information content (AvgIpc) is 2.64. The predicted molar refractivity (Wildman–Crippen MR) is 92.8 cm³/mol. The van der Waals surface area contributed by atoms with E-state index in [-0.39, 0.29) is 12.2 Å². The Bertz CT molecular complexity index is 760. The van der Waals surface area contributed by atoms with Crippen molar-refractivity contribution in [3.05, 3.63) is 83.9 Å². The second kappa shape index (κ2) is 8.48. The highest BCUT2D eigenvalue weighted by Crippen LogP contribution is 2.19. The number of methoxy groups -OCH3 is 1. The van der Waals surface area contributed by atoms with Crippen molar-refractivity contribution in [2.45, 2.75) is 6.61 Å². The van der Waals surface area contributed by atoms with Crippen molar-refractivity contribution in [3.8, 4) is 0 Å². The Balaban J connectivity index is 2.02. The summed E-state index contributed by atoms with van der Waals surface area (Å²) in [7, 11) is 1.30. The number of ether oxygens (including phenoxy) is 2. The van der Waals surface area contributed by atoms with E-state index in [0.29, 0.717) is 11.1 Å². The van der Waals surface area contributed by atoms with Crippen LogP contribution < -0.4 is 0 Å². The third kappa shape index (κ3) is 4.68. The molecule has 4 nitrogen and oxygen atoms in total. The van der Waals surface area contributed by atoms with Crippen molar-refractivity contribution in [1.29, 1.82) is 0 Å². The highest BCUT2D eigenvalue weighted by Gasteiger charge is 2.14. The van der Waals surface area contributed by atoms with Crippen LogP contribution in [0.2, 0.25) is 0 Å². The molecule has 0 aliphatic carbocycles. The maximum atomic E-state index is 11.8. The number of rotatable bonds is 6. The SMILES string of the molecule is C=C(C(=O)OC)c1ccccc1COC(=O)C=Cc1ccccc1. The molecule has 0 fully saturated rings. The molecule has 2 aromatic rings. The molecule has 0 N–H and O–H groups in total. The minimum atomic E-state index is -0.516. The Kier molecular flexibility index (Phi) is 6.08. The van der Waals surface area contributed by atoms with E-state index in [2.05, 4.69) is 11.3 Å². The summed E-state index contributed by atoms with van der Waals surface area (Å²) in [5, 5.41) is 0. The van der Waals surface area contributed by atoms with Gasteiger partial charge in [-0.1, -0.05) is 61.2 Å². The molecule has 0 heterocycles. The van der Waals surface area contributed by atoms with Crippen LogP contribution in [0.1, 0.15) is 16.7 Å². The predicted octanol–water partition coefficient (Wildman–Crippen LogP) is 3.63. The lowest BCUT2D eigenvalue weighted by atomic mass is 10.0. The summed E-state index contributed by atoms with van der Waals surface area (Å²) in [5.41, 5.74) is 2.43. The molecule has 0 spiro atoms. The molecule has 0 saturated heterocycles. The summed E-state index contributed by atoms with van der Waals surface area (Å²) in [6, 6.07) is 16.6. The fourth-order valence-corrected chi connectivity index (χ4v) is 2.10. The largest absolute Gasteiger partial charge is 0.465 e. The van der Waals surface area contributed by atoms with Crippen molar-refractivity contribution >= 4 is 23.6 Å². The van der Waals surface area contributed by atoms with Gasteiger partial charge in [-0.25, -0.2) is 9.59 Å². The summed E-state index contributed by atoms with van der Waals surface area (Å²) in [6.45, 7) is 3.78. The normalized spacial score (nSPS) is 10.4. The van der Waals surface area contributed by atoms with E-state index in [1.807, 2.05) is 30.3 Å². The van der Waals surface area contributed by atoms with Gasteiger partial charge in [-0.05, 0) is 22.8 Å². The van der Waals surface area contributed by atoms with E-state index in [9.17, 15) is 9.59 Å². The van der Waals surface area contributed by atoms with Crippen molar-refractivity contribution in [3.63, 3.8) is 0 Å². The second-order valence-corrected chi connectivity index (χ2v) is 4.98. The van der Waals surface area contributed by atoms with E-state index in [1.165, 1.54) is 13.2 Å². The van der Waals surface area contributed by atoms with Gasteiger partial charge in [0.25, 0.3) is 0 Å². The van der Waals surface area contributed by atoms with E-state index >= 15 is 0 Å². The van der Waals surface area contributed by atoms with Gasteiger partial charge in [-0.15, -0.1) is 0 Å². The molecule has 0 unspecified atom stereocenters. The molecule has 2 rings (SSSR count).